The molecule has 1 unspecified atom stereocenters. The Morgan fingerprint density at radius 1 is 1.31 bits per heavy atom. The molecule has 0 bridgehead atoms. The van der Waals surface area contributed by atoms with E-state index < -0.39 is 0 Å². The molecule has 0 saturated carbocycles. The Hall–Kier alpha value is -2.11. The van der Waals surface area contributed by atoms with Crippen molar-refractivity contribution in [2.24, 2.45) is 10.4 Å². The Morgan fingerprint density at radius 3 is 2.31 bits per heavy atom. The van der Waals surface area contributed by atoms with Crippen LogP contribution in [-0.2, 0) is 0 Å². The van der Waals surface area contributed by atoms with Crippen LogP contribution in [0.5, 0.6) is 0 Å². The monoisotopic (exact) mass is 736 g/mol. The van der Waals surface area contributed by atoms with E-state index in [9.17, 15) is 0 Å². The van der Waals surface area contributed by atoms with Crippen LogP contribution in [0, 0.1) is 25.8 Å². The van der Waals surface area contributed by atoms with Crippen molar-refractivity contribution in [3.63, 3.8) is 0 Å². The van der Waals surface area contributed by atoms with Crippen LogP contribution >= 0.6 is 11.8 Å². The molecule has 1 aliphatic heterocycles. The van der Waals surface area contributed by atoms with Crippen molar-refractivity contribution in [2.45, 2.75) is 45.3 Å². The van der Waals surface area contributed by atoms with E-state index >= 15 is 0 Å². The first kappa shape index (κ1) is 19.5. The van der Waals surface area contributed by atoms with Crippen LogP contribution in [0.1, 0.15) is 40.5 Å². The molecule has 0 aromatic rings. The Morgan fingerprint density at radius 2 is 1.81 bits per heavy atom. The summed E-state index contributed by atoms with van der Waals surface area (Å²) in [6.07, 6.45) is 2.14. The number of rotatable bonds is 0. The number of nitrogens with zero attached hydrogens (tertiary/aromatic N) is 1. The number of hydrogen-bond donors (Lipinski definition) is 0. The van der Waals surface area contributed by atoms with Crippen molar-refractivity contribution in [1.29, 1.82) is 0 Å². The van der Waals surface area contributed by atoms with E-state index in [-0.39, 0.29) is 17.6 Å². The third-order valence-electron chi connectivity index (χ3n) is 2.18. The summed E-state index contributed by atoms with van der Waals surface area (Å²) in [4.78, 5) is 4.39. The first-order chi connectivity index (χ1) is 5.81. The molecule has 0 aliphatic carbocycles. The van der Waals surface area contributed by atoms with Gasteiger partial charge in [-0.25, -0.2) is 11.8 Å². The standard InChI is InChI=1S/C11H19NS.CH3.2Lr/c1-9-6-10(2,3)7-11(4,5)13-8-12-9;;;/h8H,2,6-7H2,1,3-5H3;1H3;;/q-2;-1;;. The fraction of sp³-hybridized carbons (Fsp3) is 0.667. The van der Waals surface area contributed by atoms with Crippen LogP contribution in [0.3, 0.4) is 0 Å². The molecule has 0 fully saturated rings. The Bertz CT molecular complexity index is 215. The predicted molar refractivity (Wildman–Crippen MR) is 68.2 cm³/mol. The molecule has 114 valence electrons. The molecule has 2 radical (unpaired) electrons. The minimum Gasteiger partial charge on any atom is -0.444 e. The Kier molecular flexibility index (Phi) is 6.93. The Balaban J connectivity index is -0.000000563. The zero-order valence-electron chi connectivity index (χ0n) is 10.6. The van der Waals surface area contributed by atoms with Crippen molar-refractivity contribution in [1.82, 2.24) is 0 Å². The maximum absolute atomic E-state index is 4.39. The van der Waals surface area contributed by atoms with E-state index in [1.807, 2.05) is 17.3 Å². The molecule has 0 aromatic heterocycles. The van der Waals surface area contributed by atoms with E-state index in [1.165, 1.54) is 6.04 Å². The molecule has 0 amide bonds. The molecule has 1 aliphatic rings. The quantitative estimate of drug-likeness (QED) is 0.341. The topological polar surface area (TPSA) is 12.4 Å². The predicted octanol–water partition coefficient (Wildman–Crippen LogP) is 4.16. The summed E-state index contributed by atoms with van der Waals surface area (Å²) in [5.41, 5.74) is 2.11. The number of aliphatic imine (C=N–C) groups is 1. The van der Waals surface area contributed by atoms with Crippen LogP contribution in [0.15, 0.2) is 4.99 Å². The van der Waals surface area contributed by atoms with Crippen molar-refractivity contribution in [3.8, 4) is 0 Å². The van der Waals surface area contributed by atoms with Gasteiger partial charge in [-0.15, -0.1) is 12.5 Å². The van der Waals surface area contributed by atoms with Gasteiger partial charge < -0.3 is 19.3 Å². The van der Waals surface area contributed by atoms with E-state index in [4.69, 9.17) is 0 Å². The van der Waals surface area contributed by atoms with Gasteiger partial charge in [0.05, 0.1) is 0 Å². The summed E-state index contributed by atoms with van der Waals surface area (Å²) >= 11 is 1.81. The normalized spacial score (nSPS) is 27.7. The van der Waals surface area contributed by atoms with Crippen LogP contribution in [0.2, 0.25) is 0 Å². The van der Waals surface area contributed by atoms with Gasteiger partial charge >= 0.3 is 0 Å². The van der Waals surface area contributed by atoms with E-state index in [1.54, 1.807) is 0 Å². The molecule has 0 saturated heterocycles. The number of thioether (sulfide) groups is 1. The molecule has 1 nitrogen and oxygen atoms in total. The van der Waals surface area contributed by atoms with Crippen molar-refractivity contribution < 1.29 is 0 Å². The summed E-state index contributed by atoms with van der Waals surface area (Å²) in [6, 6.07) is 1.19. The van der Waals surface area contributed by atoms with Crippen molar-refractivity contribution in [3.05, 3.63) is 20.4 Å². The van der Waals surface area contributed by atoms with Gasteiger partial charge in [0.2, 0.25) is 0 Å². The fourth-order valence-electron chi connectivity index (χ4n) is 2.05. The van der Waals surface area contributed by atoms with Gasteiger partial charge in [-0.05, 0) is 4.75 Å². The van der Waals surface area contributed by atoms with E-state index in [0.717, 1.165) is 12.8 Å². The third-order valence-corrected chi connectivity index (χ3v) is 3.17. The molecule has 1 heterocycles. The SMILES string of the molecule is [CH2-]C1(C)C[C-](C)N=CSC(C)(C)C1.[CH3-].[Lr].[Lr]. The summed E-state index contributed by atoms with van der Waals surface area (Å²) in [6.45, 7) is 13.1. The van der Waals surface area contributed by atoms with Gasteiger partial charge in [0.25, 0.3) is 0 Å². The summed E-state index contributed by atoms with van der Waals surface area (Å²) in [7, 11) is 0. The summed E-state index contributed by atoms with van der Waals surface area (Å²) in [5.74, 6) is 0. The first-order valence-corrected chi connectivity index (χ1v) is 5.57. The molecular weight excluding hydrogens is 714 g/mol. The van der Waals surface area contributed by atoms with Gasteiger partial charge in [-0.3, -0.25) is 0 Å². The molecular formula is C12H22Lr2NS-3. The molecule has 0 spiro atoms. The van der Waals surface area contributed by atoms with E-state index in [0.29, 0.717) is 0 Å². The zero-order chi connectivity index (χ0) is 10.1. The molecule has 16 heavy (non-hydrogen) atoms. The third kappa shape index (κ3) is 5.58. The van der Waals surface area contributed by atoms with Gasteiger partial charge in [0.15, 0.2) is 0 Å². The second-order valence-corrected chi connectivity index (χ2v) is 6.56. The van der Waals surface area contributed by atoms with Crippen molar-refractivity contribution in [2.75, 3.05) is 0 Å². The first-order valence-electron chi connectivity index (χ1n) is 4.69. The average molecular weight is 736 g/mol. The maximum atomic E-state index is 4.39. The second kappa shape index (κ2) is 5.69. The van der Waals surface area contributed by atoms with Gasteiger partial charge in [0.1, 0.15) is 0 Å². The van der Waals surface area contributed by atoms with Crippen LogP contribution in [-0.4, -0.2) is 10.3 Å². The van der Waals surface area contributed by atoms with Crippen LogP contribution in [0.25, 0.3) is 0 Å². The number of hydrogen-bond acceptors (Lipinski definition) is 2. The zero-order valence-corrected chi connectivity index (χ0v) is 15.7. The summed E-state index contributed by atoms with van der Waals surface area (Å²) in [5, 5.41) is 0. The van der Waals surface area contributed by atoms with Crippen LogP contribution in [0.4, 0.5) is 0 Å². The van der Waals surface area contributed by atoms with Gasteiger partial charge in [-0.2, -0.15) is 5.41 Å². The maximum Gasteiger partial charge on any atom is 0 e. The smallest absolute Gasteiger partial charge is 0 e. The Labute approximate surface area is 93.8 Å². The van der Waals surface area contributed by atoms with Crippen molar-refractivity contribution >= 4 is 17.3 Å². The van der Waals surface area contributed by atoms with E-state index in [2.05, 4.69) is 39.6 Å². The fourth-order valence-corrected chi connectivity index (χ4v) is 3.00. The second-order valence-electron chi connectivity index (χ2n) is 5.01. The summed E-state index contributed by atoms with van der Waals surface area (Å²) < 4.78 is 0.265. The molecule has 1 atom stereocenters. The van der Waals surface area contributed by atoms with Crippen LogP contribution < -0.4 is 0 Å². The van der Waals surface area contributed by atoms with Gasteiger partial charge in [0, 0.05) is 0 Å². The molecule has 4 heteroatoms. The minimum absolute atomic E-state index is 0. The molecule has 0 N–H and O–H groups in total. The largest absolute Gasteiger partial charge is 0.444 e. The van der Waals surface area contributed by atoms with Gasteiger partial charge in [-0.1, -0.05) is 39.7 Å². The molecule has 1 rings (SSSR count). The minimum atomic E-state index is 0. The average Bonchev–Trinajstić information content (AvgIpc) is 1.78. The molecule has 0 aromatic carbocycles.